The van der Waals surface area contributed by atoms with Gasteiger partial charge in [0.05, 0.1) is 11.6 Å². The van der Waals surface area contributed by atoms with E-state index >= 15 is 0 Å². The van der Waals surface area contributed by atoms with Crippen molar-refractivity contribution < 1.29 is 4.79 Å². The zero-order valence-corrected chi connectivity index (χ0v) is 11.1. The molecule has 1 aromatic rings. The van der Waals surface area contributed by atoms with Crippen LogP contribution in [0.15, 0.2) is 28.7 Å². The van der Waals surface area contributed by atoms with E-state index < -0.39 is 0 Å². The van der Waals surface area contributed by atoms with Crippen LogP contribution in [-0.2, 0) is 4.79 Å². The van der Waals surface area contributed by atoms with Crippen LogP contribution in [0.1, 0.15) is 13.8 Å². The van der Waals surface area contributed by atoms with Gasteiger partial charge in [0.2, 0.25) is 5.91 Å². The highest BCUT2D eigenvalue weighted by atomic mass is 79.9. The minimum Gasteiger partial charge on any atom is -0.330 e. The van der Waals surface area contributed by atoms with Gasteiger partial charge in [0.1, 0.15) is 0 Å². The second-order valence-corrected chi connectivity index (χ2v) is 4.91. The van der Waals surface area contributed by atoms with E-state index in [1.165, 1.54) is 0 Å². The average molecular weight is 285 g/mol. The normalized spacial score (nSPS) is 12.6. The summed E-state index contributed by atoms with van der Waals surface area (Å²) >= 11 is 3.39. The van der Waals surface area contributed by atoms with Crippen LogP contribution in [0.25, 0.3) is 0 Å². The molecule has 1 atom stereocenters. The molecule has 0 saturated carbocycles. The van der Waals surface area contributed by atoms with Crippen molar-refractivity contribution in [2.75, 3.05) is 11.9 Å². The Balaban J connectivity index is 2.74. The summed E-state index contributed by atoms with van der Waals surface area (Å²) in [5.41, 5.74) is 6.38. The maximum atomic E-state index is 11.9. The third-order valence-corrected chi connectivity index (χ3v) is 3.22. The van der Waals surface area contributed by atoms with Gasteiger partial charge in [0.25, 0.3) is 0 Å². The lowest BCUT2D eigenvalue weighted by atomic mass is 9.95. The summed E-state index contributed by atoms with van der Waals surface area (Å²) in [6.45, 7) is 4.36. The number of carbonyl (C=O) groups is 1. The van der Waals surface area contributed by atoms with Gasteiger partial charge in [0, 0.05) is 11.0 Å². The third-order valence-electron chi connectivity index (χ3n) is 2.53. The number of anilines is 1. The summed E-state index contributed by atoms with van der Waals surface area (Å²) in [7, 11) is 0. The highest BCUT2D eigenvalue weighted by Crippen LogP contribution is 2.22. The molecule has 3 nitrogen and oxygen atoms in total. The van der Waals surface area contributed by atoms with E-state index in [0.717, 1.165) is 10.2 Å². The fourth-order valence-corrected chi connectivity index (χ4v) is 1.85. The Bertz CT molecular complexity index is 366. The number of rotatable bonds is 4. The lowest BCUT2D eigenvalue weighted by Gasteiger charge is -2.18. The predicted octanol–water partition coefficient (Wildman–Crippen LogP) is 2.62. The first-order chi connectivity index (χ1) is 7.56. The number of nitrogens with two attached hydrogens (primary N) is 1. The minimum atomic E-state index is -0.146. The summed E-state index contributed by atoms with van der Waals surface area (Å²) in [5, 5.41) is 2.88. The summed E-state index contributed by atoms with van der Waals surface area (Å²) in [6, 6.07) is 7.54. The molecule has 1 rings (SSSR count). The average Bonchev–Trinajstić information content (AvgIpc) is 2.22. The Kier molecular flexibility index (Phi) is 4.96. The topological polar surface area (TPSA) is 55.1 Å². The second-order valence-electron chi connectivity index (χ2n) is 4.06. The number of hydrogen-bond donors (Lipinski definition) is 2. The molecule has 16 heavy (non-hydrogen) atoms. The molecule has 3 N–H and O–H groups in total. The molecule has 4 heteroatoms. The van der Waals surface area contributed by atoms with Crippen molar-refractivity contribution in [3.8, 4) is 0 Å². The molecular formula is C12H17BrN2O. The van der Waals surface area contributed by atoms with Gasteiger partial charge in [-0.1, -0.05) is 26.0 Å². The van der Waals surface area contributed by atoms with Gasteiger partial charge in [-0.05, 0) is 34.0 Å². The zero-order chi connectivity index (χ0) is 12.1. The molecule has 88 valence electrons. The number of amides is 1. The smallest absolute Gasteiger partial charge is 0.229 e. The molecule has 0 aliphatic carbocycles. The lowest BCUT2D eigenvalue weighted by molar-refractivity contribution is -0.120. The molecule has 0 bridgehead atoms. The summed E-state index contributed by atoms with van der Waals surface area (Å²) < 4.78 is 0.878. The number of para-hydroxylation sites is 1. The lowest BCUT2D eigenvalue weighted by Crippen LogP contribution is -2.33. The molecule has 0 radical (unpaired) electrons. The van der Waals surface area contributed by atoms with Crippen molar-refractivity contribution in [1.29, 1.82) is 0 Å². The van der Waals surface area contributed by atoms with Crippen molar-refractivity contribution in [3.05, 3.63) is 28.7 Å². The van der Waals surface area contributed by atoms with Crippen LogP contribution in [-0.4, -0.2) is 12.5 Å². The number of benzene rings is 1. The first-order valence-corrected chi connectivity index (χ1v) is 6.11. The molecule has 0 aliphatic rings. The number of carbonyl (C=O) groups excluding carboxylic acids is 1. The van der Waals surface area contributed by atoms with Crippen molar-refractivity contribution in [2.45, 2.75) is 13.8 Å². The number of halogens is 1. The van der Waals surface area contributed by atoms with E-state index in [1.807, 2.05) is 38.1 Å². The number of nitrogens with one attached hydrogen (secondary N) is 1. The molecule has 0 fully saturated rings. The van der Waals surface area contributed by atoms with Crippen molar-refractivity contribution in [3.63, 3.8) is 0 Å². The van der Waals surface area contributed by atoms with E-state index in [9.17, 15) is 4.79 Å². The Morgan fingerprint density at radius 3 is 2.56 bits per heavy atom. The van der Waals surface area contributed by atoms with Crippen LogP contribution in [0.3, 0.4) is 0 Å². The Hall–Kier alpha value is -0.870. The third kappa shape index (κ3) is 3.32. The summed E-state index contributed by atoms with van der Waals surface area (Å²) in [4.78, 5) is 11.9. The van der Waals surface area contributed by atoms with E-state index in [2.05, 4.69) is 21.2 Å². The maximum Gasteiger partial charge on any atom is 0.229 e. The summed E-state index contributed by atoms with van der Waals surface area (Å²) in [5.74, 6) is 0.0731. The molecule has 1 amide bonds. The fraction of sp³-hybridized carbons (Fsp3) is 0.417. The van der Waals surface area contributed by atoms with Crippen LogP contribution in [0, 0.1) is 11.8 Å². The Morgan fingerprint density at radius 2 is 2.06 bits per heavy atom. The van der Waals surface area contributed by atoms with Gasteiger partial charge in [-0.25, -0.2) is 0 Å². The molecule has 0 spiro atoms. The van der Waals surface area contributed by atoms with Crippen molar-refractivity contribution >= 4 is 27.5 Å². The molecule has 0 saturated heterocycles. The zero-order valence-electron chi connectivity index (χ0n) is 9.53. The van der Waals surface area contributed by atoms with Crippen LogP contribution < -0.4 is 11.1 Å². The van der Waals surface area contributed by atoms with Crippen LogP contribution in [0.4, 0.5) is 5.69 Å². The van der Waals surface area contributed by atoms with E-state index in [-0.39, 0.29) is 17.7 Å². The minimum absolute atomic E-state index is 0.0237. The highest BCUT2D eigenvalue weighted by Gasteiger charge is 2.20. The predicted molar refractivity (Wildman–Crippen MR) is 70.2 cm³/mol. The maximum absolute atomic E-state index is 11.9. The second kappa shape index (κ2) is 6.01. The van der Waals surface area contributed by atoms with E-state index in [4.69, 9.17) is 5.73 Å². The van der Waals surface area contributed by atoms with Gasteiger partial charge in [-0.2, -0.15) is 0 Å². The molecule has 0 heterocycles. The molecule has 0 aromatic heterocycles. The van der Waals surface area contributed by atoms with Crippen molar-refractivity contribution in [2.24, 2.45) is 17.6 Å². The molecule has 0 aliphatic heterocycles. The van der Waals surface area contributed by atoms with Crippen LogP contribution >= 0.6 is 15.9 Å². The van der Waals surface area contributed by atoms with Gasteiger partial charge in [-0.15, -0.1) is 0 Å². The first-order valence-electron chi connectivity index (χ1n) is 5.31. The molecular weight excluding hydrogens is 268 g/mol. The van der Waals surface area contributed by atoms with Crippen molar-refractivity contribution in [1.82, 2.24) is 0 Å². The largest absolute Gasteiger partial charge is 0.330 e. The molecule has 1 aromatic carbocycles. The van der Waals surface area contributed by atoms with Gasteiger partial charge >= 0.3 is 0 Å². The van der Waals surface area contributed by atoms with E-state index in [0.29, 0.717) is 6.54 Å². The summed E-state index contributed by atoms with van der Waals surface area (Å²) in [6.07, 6.45) is 0. The van der Waals surface area contributed by atoms with Gasteiger partial charge < -0.3 is 11.1 Å². The Labute approximate surface area is 105 Å². The molecule has 1 unspecified atom stereocenters. The first kappa shape index (κ1) is 13.2. The fourth-order valence-electron chi connectivity index (χ4n) is 1.47. The number of hydrogen-bond acceptors (Lipinski definition) is 2. The Morgan fingerprint density at radius 1 is 1.44 bits per heavy atom. The SMILES string of the molecule is CC(C)C(CN)C(=O)Nc1ccccc1Br. The monoisotopic (exact) mass is 284 g/mol. The highest BCUT2D eigenvalue weighted by molar-refractivity contribution is 9.10. The van der Waals surface area contributed by atoms with E-state index in [1.54, 1.807) is 0 Å². The van der Waals surface area contributed by atoms with Gasteiger partial charge in [0.15, 0.2) is 0 Å². The van der Waals surface area contributed by atoms with Gasteiger partial charge in [-0.3, -0.25) is 4.79 Å². The van der Waals surface area contributed by atoms with Crippen LogP contribution in [0.2, 0.25) is 0 Å². The van der Waals surface area contributed by atoms with Crippen LogP contribution in [0.5, 0.6) is 0 Å². The quantitative estimate of drug-likeness (QED) is 0.893. The standard InChI is InChI=1S/C12H17BrN2O/c1-8(2)9(7-14)12(16)15-11-6-4-3-5-10(11)13/h3-6,8-9H,7,14H2,1-2H3,(H,15,16).